The number of anilines is 1. The Balaban J connectivity index is 1.81. The molecule has 0 fully saturated rings. The summed E-state index contributed by atoms with van der Waals surface area (Å²) in [6.45, 7) is 0. The van der Waals surface area contributed by atoms with Crippen LogP contribution in [0.2, 0.25) is 0 Å². The summed E-state index contributed by atoms with van der Waals surface area (Å²) in [7, 11) is 0. The van der Waals surface area contributed by atoms with E-state index in [-0.39, 0.29) is 22.7 Å². The van der Waals surface area contributed by atoms with E-state index in [1.165, 1.54) is 23.5 Å². The summed E-state index contributed by atoms with van der Waals surface area (Å²) < 4.78 is 0. The fourth-order valence-electron chi connectivity index (χ4n) is 3.46. The van der Waals surface area contributed by atoms with E-state index in [2.05, 4.69) is 27.4 Å². The highest BCUT2D eigenvalue weighted by atomic mass is 16.6. The fraction of sp³-hybridized carbons (Fsp3) is 0.222. The number of aromatic amines is 1. The second-order valence-electron chi connectivity index (χ2n) is 6.16. The summed E-state index contributed by atoms with van der Waals surface area (Å²) in [6, 6.07) is 11.0. The minimum Gasteiger partial charge on any atom is -0.373 e. The van der Waals surface area contributed by atoms with Gasteiger partial charge in [-0.1, -0.05) is 24.3 Å². The van der Waals surface area contributed by atoms with Gasteiger partial charge in [0.1, 0.15) is 5.69 Å². The summed E-state index contributed by atoms with van der Waals surface area (Å²) in [5.74, 6) is 0. The van der Waals surface area contributed by atoms with Gasteiger partial charge in [-0.2, -0.15) is 0 Å². The maximum atomic E-state index is 11.9. The van der Waals surface area contributed by atoms with Gasteiger partial charge in [0.25, 0.3) is 11.2 Å². The van der Waals surface area contributed by atoms with Gasteiger partial charge in [0.15, 0.2) is 0 Å². The van der Waals surface area contributed by atoms with Crippen LogP contribution in [0.1, 0.15) is 30.0 Å². The van der Waals surface area contributed by atoms with Crippen LogP contribution in [0.25, 0.3) is 10.9 Å². The van der Waals surface area contributed by atoms with Gasteiger partial charge >= 0.3 is 0 Å². The van der Waals surface area contributed by atoms with Gasteiger partial charge in [0.05, 0.1) is 28.2 Å². The molecule has 1 heterocycles. The van der Waals surface area contributed by atoms with E-state index in [0.29, 0.717) is 11.2 Å². The molecule has 7 nitrogen and oxygen atoms in total. The molecule has 0 saturated carbocycles. The molecule has 0 radical (unpaired) electrons. The number of hydrogen-bond donors (Lipinski definition) is 2. The molecule has 1 atom stereocenters. The van der Waals surface area contributed by atoms with Gasteiger partial charge in [-0.05, 0) is 36.5 Å². The number of H-pyrrole nitrogens is 1. The van der Waals surface area contributed by atoms with E-state index >= 15 is 0 Å². The highest BCUT2D eigenvalue weighted by Gasteiger charge is 2.24. The zero-order valence-electron chi connectivity index (χ0n) is 13.4. The maximum absolute atomic E-state index is 11.9. The molecule has 7 heteroatoms. The summed E-state index contributed by atoms with van der Waals surface area (Å²) in [5.41, 5.74) is 2.75. The molecule has 0 amide bonds. The van der Waals surface area contributed by atoms with Crippen LogP contribution in [0.15, 0.2) is 47.5 Å². The molecule has 25 heavy (non-hydrogen) atoms. The lowest BCUT2D eigenvalue weighted by molar-refractivity contribution is -0.383. The molecule has 0 unspecified atom stereocenters. The Hall–Kier alpha value is -3.22. The first-order chi connectivity index (χ1) is 12.1. The number of benzene rings is 2. The molecule has 0 spiro atoms. The topological polar surface area (TPSA) is 101 Å². The van der Waals surface area contributed by atoms with E-state index in [1.54, 1.807) is 6.07 Å². The SMILES string of the molecule is O=c1[nH]cnc2cc(N[C@@H]3CCCc4ccccc43)c([N+](=O)[O-])cc12. The third kappa shape index (κ3) is 2.73. The van der Waals surface area contributed by atoms with Crippen molar-refractivity contribution in [3.8, 4) is 0 Å². The lowest BCUT2D eigenvalue weighted by atomic mass is 9.87. The van der Waals surface area contributed by atoms with Crippen molar-refractivity contribution < 1.29 is 4.92 Å². The summed E-state index contributed by atoms with van der Waals surface area (Å²) in [6.07, 6.45) is 4.24. The zero-order chi connectivity index (χ0) is 17.4. The van der Waals surface area contributed by atoms with Crippen LogP contribution in [0, 0.1) is 10.1 Å². The first-order valence-corrected chi connectivity index (χ1v) is 8.13. The molecule has 2 aromatic carbocycles. The maximum Gasteiger partial charge on any atom is 0.293 e. The lowest BCUT2D eigenvalue weighted by Crippen LogP contribution is -2.18. The number of hydrogen-bond acceptors (Lipinski definition) is 5. The molecule has 0 saturated heterocycles. The van der Waals surface area contributed by atoms with Crippen molar-refractivity contribution >= 4 is 22.3 Å². The molecular weight excluding hydrogens is 320 g/mol. The summed E-state index contributed by atoms with van der Waals surface area (Å²) in [4.78, 5) is 29.5. The minimum absolute atomic E-state index is 0.00287. The predicted octanol–water partition coefficient (Wildman–Crippen LogP) is 3.32. The highest BCUT2D eigenvalue weighted by molar-refractivity contribution is 5.86. The second-order valence-corrected chi connectivity index (χ2v) is 6.16. The Morgan fingerprint density at radius 1 is 1.28 bits per heavy atom. The number of rotatable bonds is 3. The Kier molecular flexibility index (Phi) is 3.68. The largest absolute Gasteiger partial charge is 0.373 e. The van der Waals surface area contributed by atoms with Gasteiger partial charge < -0.3 is 10.3 Å². The second kappa shape index (κ2) is 6.01. The molecule has 126 valence electrons. The third-order valence-corrected chi connectivity index (χ3v) is 4.65. The van der Waals surface area contributed by atoms with Gasteiger partial charge in [-0.15, -0.1) is 0 Å². The number of nitrogens with one attached hydrogen (secondary N) is 2. The average molecular weight is 336 g/mol. The lowest BCUT2D eigenvalue weighted by Gasteiger charge is -2.27. The van der Waals surface area contributed by atoms with Crippen molar-refractivity contribution in [2.75, 3.05) is 5.32 Å². The van der Waals surface area contributed by atoms with Crippen molar-refractivity contribution in [3.63, 3.8) is 0 Å². The van der Waals surface area contributed by atoms with E-state index < -0.39 is 4.92 Å². The van der Waals surface area contributed by atoms with Crippen molar-refractivity contribution in [3.05, 3.63) is 74.3 Å². The van der Waals surface area contributed by atoms with Crippen LogP contribution >= 0.6 is 0 Å². The van der Waals surface area contributed by atoms with Gasteiger partial charge in [-0.25, -0.2) is 4.98 Å². The normalized spacial score (nSPS) is 16.4. The number of nitro groups is 1. The number of fused-ring (bicyclic) bond motifs is 2. The smallest absolute Gasteiger partial charge is 0.293 e. The first-order valence-electron chi connectivity index (χ1n) is 8.13. The van der Waals surface area contributed by atoms with Crippen molar-refractivity contribution in [2.24, 2.45) is 0 Å². The molecule has 0 bridgehead atoms. The third-order valence-electron chi connectivity index (χ3n) is 4.65. The molecule has 1 aliphatic carbocycles. The predicted molar refractivity (Wildman–Crippen MR) is 94.8 cm³/mol. The molecule has 0 aliphatic heterocycles. The molecule has 4 rings (SSSR count). The van der Waals surface area contributed by atoms with E-state index in [0.717, 1.165) is 19.3 Å². The molecular formula is C18H16N4O3. The van der Waals surface area contributed by atoms with E-state index in [4.69, 9.17) is 0 Å². The van der Waals surface area contributed by atoms with Crippen molar-refractivity contribution in [1.82, 2.24) is 9.97 Å². The number of nitrogens with zero attached hydrogens (tertiary/aromatic N) is 2. The van der Waals surface area contributed by atoms with Crippen molar-refractivity contribution in [2.45, 2.75) is 25.3 Å². The Morgan fingerprint density at radius 2 is 2.12 bits per heavy atom. The summed E-state index contributed by atoms with van der Waals surface area (Å²) in [5, 5.41) is 15.0. The highest BCUT2D eigenvalue weighted by Crippen LogP contribution is 2.36. The number of nitro benzene ring substituents is 1. The van der Waals surface area contributed by atoms with Crippen LogP contribution in [-0.4, -0.2) is 14.9 Å². The van der Waals surface area contributed by atoms with Crippen LogP contribution in [0.3, 0.4) is 0 Å². The Labute approximate surface area is 142 Å². The first kappa shape index (κ1) is 15.3. The van der Waals surface area contributed by atoms with Crippen LogP contribution < -0.4 is 10.9 Å². The number of aryl methyl sites for hydroxylation is 1. The molecule has 1 aliphatic rings. The van der Waals surface area contributed by atoms with Crippen LogP contribution in [-0.2, 0) is 6.42 Å². The molecule has 1 aromatic heterocycles. The zero-order valence-corrected chi connectivity index (χ0v) is 13.4. The Bertz CT molecular complexity index is 1030. The summed E-state index contributed by atoms with van der Waals surface area (Å²) >= 11 is 0. The fourth-order valence-corrected chi connectivity index (χ4v) is 3.46. The minimum atomic E-state index is -0.469. The van der Waals surface area contributed by atoms with Gasteiger partial charge in [-0.3, -0.25) is 14.9 Å². The monoisotopic (exact) mass is 336 g/mol. The average Bonchev–Trinajstić information content (AvgIpc) is 2.62. The number of aromatic nitrogens is 2. The van der Waals surface area contributed by atoms with Crippen LogP contribution in [0.4, 0.5) is 11.4 Å². The quantitative estimate of drug-likeness (QED) is 0.564. The molecule has 3 aromatic rings. The van der Waals surface area contributed by atoms with Crippen molar-refractivity contribution in [1.29, 1.82) is 0 Å². The Morgan fingerprint density at radius 3 is 2.96 bits per heavy atom. The van der Waals surface area contributed by atoms with Gasteiger partial charge in [0.2, 0.25) is 0 Å². The van der Waals surface area contributed by atoms with Crippen LogP contribution in [0.5, 0.6) is 0 Å². The van der Waals surface area contributed by atoms with E-state index in [1.807, 2.05) is 12.1 Å². The standard InChI is InChI=1S/C18H16N4O3/c23-18-13-8-17(22(24)25)16(9-15(13)19-10-20-18)21-14-7-3-5-11-4-1-2-6-12(11)14/h1-2,4,6,8-10,14,21H,3,5,7H2,(H,19,20,23)/t14-/m1/s1. The van der Waals surface area contributed by atoms with Gasteiger partial charge in [0, 0.05) is 6.07 Å². The van der Waals surface area contributed by atoms with E-state index in [9.17, 15) is 14.9 Å². The molecule has 2 N–H and O–H groups in total.